The largest absolute Gasteiger partial charge is 0.352 e. The summed E-state index contributed by atoms with van der Waals surface area (Å²) in [6.07, 6.45) is 2.25. The van der Waals surface area contributed by atoms with Gasteiger partial charge in [0.15, 0.2) is 0 Å². The van der Waals surface area contributed by atoms with Crippen molar-refractivity contribution in [2.24, 2.45) is 0 Å². The summed E-state index contributed by atoms with van der Waals surface area (Å²) >= 11 is 0. The summed E-state index contributed by atoms with van der Waals surface area (Å²) in [6.45, 7) is 14.9. The molecule has 0 saturated carbocycles. The fourth-order valence-electron chi connectivity index (χ4n) is 4.38. The zero-order valence-corrected chi connectivity index (χ0v) is 17.6. The average Bonchev–Trinajstić information content (AvgIpc) is 2.61. The van der Waals surface area contributed by atoms with Crippen molar-refractivity contribution in [2.75, 3.05) is 46.3 Å². The Balaban J connectivity index is 1.65. The predicted octanol–water partition coefficient (Wildman–Crippen LogP) is 2.15. The van der Waals surface area contributed by atoms with E-state index in [0.717, 1.165) is 65.2 Å². The Morgan fingerprint density at radius 2 is 1.63 bits per heavy atom. The summed E-state index contributed by atoms with van der Waals surface area (Å²) in [5, 5.41) is 3.10. The first kappa shape index (κ1) is 20.3. The number of hydrogen-bond donors (Lipinski definition) is 1. The predicted molar refractivity (Wildman–Crippen MR) is 111 cm³/mol. The lowest BCUT2D eigenvalue weighted by atomic mass is 9.97. The molecule has 27 heavy (non-hydrogen) atoms. The maximum atomic E-state index is 11.4. The van der Waals surface area contributed by atoms with Gasteiger partial charge in [0.2, 0.25) is 5.91 Å². The summed E-state index contributed by atoms with van der Waals surface area (Å²) in [5.74, 6) is 0.0860. The molecule has 1 atom stereocenters. The van der Waals surface area contributed by atoms with E-state index < -0.39 is 0 Å². The highest BCUT2D eigenvalue weighted by Gasteiger charge is 2.21. The van der Waals surface area contributed by atoms with E-state index >= 15 is 0 Å². The Bertz CT molecular complexity index is 652. The van der Waals surface area contributed by atoms with Crippen molar-refractivity contribution in [3.63, 3.8) is 0 Å². The number of piperidine rings is 1. The summed E-state index contributed by atoms with van der Waals surface area (Å²) < 4.78 is 0. The van der Waals surface area contributed by atoms with Gasteiger partial charge in [0.05, 0.1) is 0 Å². The minimum Gasteiger partial charge on any atom is -0.352 e. The molecule has 0 radical (unpaired) electrons. The molecule has 1 aromatic carbocycles. The van der Waals surface area contributed by atoms with Gasteiger partial charge in [-0.2, -0.15) is 0 Å². The van der Waals surface area contributed by atoms with Crippen LogP contribution in [0.2, 0.25) is 0 Å². The quantitative estimate of drug-likeness (QED) is 0.860. The van der Waals surface area contributed by atoms with Crippen LogP contribution in [0, 0.1) is 13.8 Å². The molecule has 0 aliphatic carbocycles. The monoisotopic (exact) mass is 372 g/mol. The molecule has 0 unspecified atom stereocenters. The fraction of sp³-hybridized carbons (Fsp3) is 0.682. The van der Waals surface area contributed by atoms with Gasteiger partial charge in [-0.1, -0.05) is 12.1 Å². The van der Waals surface area contributed by atoms with Crippen LogP contribution in [0.15, 0.2) is 12.1 Å². The van der Waals surface area contributed by atoms with Gasteiger partial charge in [-0.15, -0.1) is 0 Å². The van der Waals surface area contributed by atoms with E-state index in [2.05, 4.69) is 53.0 Å². The average molecular weight is 373 g/mol. The molecule has 5 nitrogen and oxygen atoms in total. The molecule has 0 aromatic heterocycles. The molecule has 2 aliphatic rings. The molecule has 0 spiro atoms. The van der Waals surface area contributed by atoms with Crippen molar-refractivity contribution in [2.45, 2.75) is 52.7 Å². The van der Waals surface area contributed by atoms with Gasteiger partial charge in [0.1, 0.15) is 0 Å². The van der Waals surface area contributed by atoms with Gasteiger partial charge in [-0.05, 0) is 62.5 Å². The van der Waals surface area contributed by atoms with Crippen molar-refractivity contribution in [3.05, 3.63) is 34.4 Å². The number of rotatable bonds is 5. The molecule has 2 aliphatic heterocycles. The molecule has 5 heteroatoms. The Morgan fingerprint density at radius 3 is 2.26 bits per heavy atom. The minimum atomic E-state index is 0.0860. The molecule has 2 fully saturated rings. The molecule has 150 valence electrons. The van der Waals surface area contributed by atoms with E-state index in [1.54, 1.807) is 6.92 Å². The van der Waals surface area contributed by atoms with E-state index in [0.29, 0.717) is 6.04 Å². The van der Waals surface area contributed by atoms with E-state index in [1.165, 1.54) is 22.3 Å². The van der Waals surface area contributed by atoms with Crippen molar-refractivity contribution in [1.29, 1.82) is 0 Å². The Hall–Kier alpha value is -1.43. The van der Waals surface area contributed by atoms with Crippen molar-refractivity contribution in [3.8, 4) is 0 Å². The number of likely N-dealkylation sites (N-methyl/N-ethyl adjacent to an activating group) is 1. The highest BCUT2D eigenvalue weighted by molar-refractivity contribution is 5.73. The maximum absolute atomic E-state index is 11.4. The Labute approximate surface area is 164 Å². The first-order chi connectivity index (χ1) is 12.9. The normalized spacial score (nSPS) is 22.7. The zero-order valence-electron chi connectivity index (χ0n) is 17.6. The third-order valence-electron chi connectivity index (χ3n) is 6.09. The number of piperazine rings is 1. The van der Waals surface area contributed by atoms with Crippen LogP contribution in [0.4, 0.5) is 0 Å². The van der Waals surface area contributed by atoms with E-state index in [4.69, 9.17) is 0 Å². The van der Waals surface area contributed by atoms with Gasteiger partial charge < -0.3 is 10.2 Å². The summed E-state index contributed by atoms with van der Waals surface area (Å²) in [4.78, 5) is 18.9. The van der Waals surface area contributed by atoms with E-state index in [9.17, 15) is 4.79 Å². The van der Waals surface area contributed by atoms with Gasteiger partial charge in [-0.3, -0.25) is 14.6 Å². The van der Waals surface area contributed by atoms with Gasteiger partial charge in [0, 0.05) is 58.8 Å². The molecule has 2 saturated heterocycles. The zero-order chi connectivity index (χ0) is 19.4. The second kappa shape index (κ2) is 9.18. The van der Waals surface area contributed by atoms with Crippen molar-refractivity contribution < 1.29 is 4.79 Å². The number of nitrogens with one attached hydrogen (secondary N) is 1. The van der Waals surface area contributed by atoms with Crippen molar-refractivity contribution in [1.82, 2.24) is 20.0 Å². The van der Waals surface area contributed by atoms with Crippen LogP contribution in [0.3, 0.4) is 0 Å². The van der Waals surface area contributed by atoms with Crippen molar-refractivity contribution >= 4 is 5.91 Å². The first-order valence-electron chi connectivity index (χ1n) is 10.4. The van der Waals surface area contributed by atoms with E-state index in [1.807, 2.05) is 0 Å². The summed E-state index contributed by atoms with van der Waals surface area (Å²) in [6, 6.07) is 5.09. The maximum Gasteiger partial charge on any atom is 0.217 e. The minimum absolute atomic E-state index is 0.0860. The number of hydrogen-bond acceptors (Lipinski definition) is 4. The first-order valence-corrected chi connectivity index (χ1v) is 10.4. The van der Waals surface area contributed by atoms with Crippen LogP contribution >= 0.6 is 0 Å². The lowest BCUT2D eigenvalue weighted by molar-refractivity contribution is -0.120. The van der Waals surface area contributed by atoms with Crippen LogP contribution in [-0.4, -0.2) is 73.0 Å². The highest BCUT2D eigenvalue weighted by atomic mass is 16.1. The number of likely N-dealkylation sites (tertiary alicyclic amines) is 1. The second-order valence-electron chi connectivity index (χ2n) is 8.56. The SMILES string of the molecule is CC(=O)N[C@H]1CCCN(Cc2cc(CN3CCN(C)CC3)c(C)cc2C)C1. The van der Waals surface area contributed by atoms with Crippen LogP contribution in [-0.2, 0) is 17.9 Å². The fourth-order valence-corrected chi connectivity index (χ4v) is 4.38. The standard InChI is InChI=1S/C22H36N4O/c1-17-12-18(2)21(13-20(17)14-25-10-8-24(4)9-11-25)15-26-7-5-6-22(16-26)23-19(3)27/h12-13,22H,5-11,14-16H2,1-4H3,(H,23,27)/t22-/m0/s1. The molecule has 1 amide bonds. The lowest BCUT2D eigenvalue weighted by Gasteiger charge is -2.34. The topological polar surface area (TPSA) is 38.8 Å². The number of nitrogens with zero attached hydrogens (tertiary/aromatic N) is 3. The molecule has 1 N–H and O–H groups in total. The molecule has 0 bridgehead atoms. The third-order valence-corrected chi connectivity index (χ3v) is 6.09. The second-order valence-corrected chi connectivity index (χ2v) is 8.56. The number of aryl methyl sites for hydroxylation is 2. The number of carbonyl (C=O) groups is 1. The molecule has 1 aromatic rings. The van der Waals surface area contributed by atoms with Crippen LogP contribution < -0.4 is 5.32 Å². The smallest absolute Gasteiger partial charge is 0.217 e. The van der Waals surface area contributed by atoms with Gasteiger partial charge >= 0.3 is 0 Å². The molecule has 3 rings (SSSR count). The Morgan fingerprint density at radius 1 is 1.00 bits per heavy atom. The van der Waals surface area contributed by atoms with Crippen LogP contribution in [0.5, 0.6) is 0 Å². The number of carbonyl (C=O) groups excluding carboxylic acids is 1. The van der Waals surface area contributed by atoms with E-state index in [-0.39, 0.29) is 5.91 Å². The summed E-state index contributed by atoms with van der Waals surface area (Å²) in [7, 11) is 2.21. The number of benzene rings is 1. The summed E-state index contributed by atoms with van der Waals surface area (Å²) in [5.41, 5.74) is 5.70. The van der Waals surface area contributed by atoms with Gasteiger partial charge in [-0.25, -0.2) is 0 Å². The molecular formula is C22H36N4O. The third kappa shape index (κ3) is 5.77. The highest BCUT2D eigenvalue weighted by Crippen LogP contribution is 2.22. The Kier molecular flexibility index (Phi) is 6.90. The number of amides is 1. The molecule has 2 heterocycles. The van der Waals surface area contributed by atoms with Crippen LogP contribution in [0.1, 0.15) is 42.0 Å². The molecular weight excluding hydrogens is 336 g/mol. The lowest BCUT2D eigenvalue weighted by Crippen LogP contribution is -2.46. The van der Waals surface area contributed by atoms with Crippen LogP contribution in [0.25, 0.3) is 0 Å². The van der Waals surface area contributed by atoms with Gasteiger partial charge in [0.25, 0.3) is 0 Å².